The average molecular weight is 613 g/mol. The van der Waals surface area contributed by atoms with Crippen molar-refractivity contribution < 1.29 is 19.1 Å². The Labute approximate surface area is 262 Å². The number of amides is 2. The highest BCUT2D eigenvalue weighted by atomic mass is 16.5. The van der Waals surface area contributed by atoms with Crippen LogP contribution in [0.25, 0.3) is 11.5 Å². The minimum absolute atomic E-state index is 0.0850. The maximum atomic E-state index is 13.7. The van der Waals surface area contributed by atoms with Crippen molar-refractivity contribution >= 4 is 11.8 Å². The van der Waals surface area contributed by atoms with Crippen molar-refractivity contribution in [2.24, 2.45) is 0 Å². The van der Waals surface area contributed by atoms with Crippen LogP contribution in [-0.2, 0) is 34.0 Å². The van der Waals surface area contributed by atoms with Gasteiger partial charge in [-0.05, 0) is 47.2 Å². The van der Waals surface area contributed by atoms with Crippen LogP contribution in [0.2, 0.25) is 0 Å². The lowest BCUT2D eigenvalue weighted by Crippen LogP contribution is -2.48. The third-order valence-corrected chi connectivity index (χ3v) is 8.58. The summed E-state index contributed by atoms with van der Waals surface area (Å²) in [5.41, 5.74) is 2.82. The molecule has 2 fully saturated rings. The van der Waals surface area contributed by atoms with Gasteiger partial charge in [-0.15, -0.1) is 5.10 Å². The summed E-state index contributed by atoms with van der Waals surface area (Å²) in [7, 11) is 0. The van der Waals surface area contributed by atoms with Gasteiger partial charge in [0.05, 0.1) is 37.5 Å². The molecule has 12 nitrogen and oxygen atoms in total. The average Bonchev–Trinajstić information content (AvgIpc) is 3.76. The Morgan fingerprint density at radius 3 is 1.96 bits per heavy atom. The van der Waals surface area contributed by atoms with Crippen molar-refractivity contribution in [3.63, 3.8) is 0 Å². The molecule has 0 bridgehead atoms. The molecule has 0 unspecified atom stereocenters. The van der Waals surface area contributed by atoms with E-state index >= 15 is 0 Å². The fraction of sp³-hybridized carbons (Fsp3) is 0.455. The summed E-state index contributed by atoms with van der Waals surface area (Å²) < 4.78 is 14.0. The molecule has 2 aromatic heterocycles. The van der Waals surface area contributed by atoms with E-state index in [-0.39, 0.29) is 48.3 Å². The molecule has 4 atom stereocenters. The zero-order valence-electron chi connectivity index (χ0n) is 25.3. The number of ether oxygens (including phenoxy) is 2. The summed E-state index contributed by atoms with van der Waals surface area (Å²) in [5.74, 6) is -0.251. The Hall–Kier alpha value is -4.42. The van der Waals surface area contributed by atoms with Crippen molar-refractivity contribution in [3.8, 4) is 11.5 Å². The molecular formula is C33H40N8O4. The number of carbonyl (C=O) groups is 2. The maximum absolute atomic E-state index is 13.7. The van der Waals surface area contributed by atoms with Gasteiger partial charge in [-0.2, -0.15) is 5.10 Å². The fourth-order valence-corrected chi connectivity index (χ4v) is 6.21. The molecule has 2 aliphatic carbocycles. The second-order valence-corrected chi connectivity index (χ2v) is 11.8. The Morgan fingerprint density at radius 2 is 1.38 bits per heavy atom. The number of carbonyl (C=O) groups excluding carboxylic acids is 2. The van der Waals surface area contributed by atoms with Gasteiger partial charge in [0.2, 0.25) is 5.91 Å². The minimum atomic E-state index is -0.323. The molecule has 12 heteroatoms. The molecule has 0 radical (unpaired) electrons. The predicted molar refractivity (Wildman–Crippen MR) is 166 cm³/mol. The molecule has 236 valence electrons. The first-order valence-electron chi connectivity index (χ1n) is 15.9. The van der Waals surface area contributed by atoms with Gasteiger partial charge in [0.1, 0.15) is 17.9 Å². The highest BCUT2D eigenvalue weighted by Crippen LogP contribution is 2.25. The number of rotatable bonds is 12. The van der Waals surface area contributed by atoms with Gasteiger partial charge in [-0.25, -0.2) is 9.78 Å². The van der Waals surface area contributed by atoms with E-state index in [9.17, 15) is 9.59 Å². The maximum Gasteiger partial charge on any atom is 0.269 e. The number of hydrogen-bond donors (Lipinski definition) is 3. The van der Waals surface area contributed by atoms with Crippen LogP contribution in [-0.4, -0.2) is 66.5 Å². The number of aromatic nitrogens is 6. The van der Waals surface area contributed by atoms with Crippen LogP contribution < -0.4 is 10.6 Å². The monoisotopic (exact) mass is 612 g/mol. The van der Waals surface area contributed by atoms with Crippen molar-refractivity contribution in [2.75, 3.05) is 0 Å². The molecule has 2 heterocycles. The summed E-state index contributed by atoms with van der Waals surface area (Å²) >= 11 is 0. The van der Waals surface area contributed by atoms with E-state index in [2.05, 4.69) is 36.4 Å². The molecule has 0 spiro atoms. The zero-order valence-corrected chi connectivity index (χ0v) is 25.3. The molecule has 2 aromatic carbocycles. The normalized spacial score (nSPS) is 21.7. The van der Waals surface area contributed by atoms with Gasteiger partial charge in [0.25, 0.3) is 5.91 Å². The summed E-state index contributed by atoms with van der Waals surface area (Å²) in [6.45, 7) is 0.841. The van der Waals surface area contributed by atoms with Crippen molar-refractivity contribution in [2.45, 2.75) is 95.4 Å². The third kappa shape index (κ3) is 8.20. The van der Waals surface area contributed by atoms with Crippen LogP contribution in [0.5, 0.6) is 0 Å². The van der Waals surface area contributed by atoms with Crippen LogP contribution >= 0.6 is 0 Å². The largest absolute Gasteiger partial charge is 0.371 e. The van der Waals surface area contributed by atoms with E-state index in [1.807, 2.05) is 60.7 Å². The second-order valence-electron chi connectivity index (χ2n) is 11.8. The van der Waals surface area contributed by atoms with Crippen LogP contribution in [0.4, 0.5) is 0 Å². The number of nitrogens with one attached hydrogen (secondary N) is 3. The van der Waals surface area contributed by atoms with E-state index in [0.717, 1.165) is 62.5 Å². The van der Waals surface area contributed by atoms with Gasteiger partial charge in [-0.3, -0.25) is 9.59 Å². The standard InChI is InChI=1S/C33H40N8O4/c42-31(34-25-15-7-9-17-29(25)44-21-23-11-3-1-4-12-23)20-41-28(19-27(38-41)32-36-39-40-37-32)33(43)35-26-16-8-10-18-30(26)45-22-24-13-5-2-6-14-24/h1-6,11-14,19,25-26,29-30H,7-10,15-18,20-22H2,(H,34,42)(H,35,43)(H,36,37,39,40)/t25-,26-,29-,30-/m0/s1. The number of benzene rings is 2. The highest BCUT2D eigenvalue weighted by molar-refractivity contribution is 5.94. The van der Waals surface area contributed by atoms with Crippen molar-refractivity contribution in [3.05, 3.63) is 83.6 Å². The molecule has 0 saturated heterocycles. The fourth-order valence-electron chi connectivity index (χ4n) is 6.21. The Morgan fingerprint density at radius 1 is 0.800 bits per heavy atom. The van der Waals surface area contributed by atoms with Crippen LogP contribution in [0.1, 0.15) is 73.0 Å². The summed E-state index contributed by atoms with van der Waals surface area (Å²) in [4.78, 5) is 27.1. The van der Waals surface area contributed by atoms with E-state index in [0.29, 0.717) is 24.7 Å². The quantitative estimate of drug-likeness (QED) is 0.218. The van der Waals surface area contributed by atoms with Gasteiger partial charge in [0, 0.05) is 6.07 Å². The number of tetrazole rings is 1. The molecule has 2 aliphatic rings. The minimum Gasteiger partial charge on any atom is -0.371 e. The van der Waals surface area contributed by atoms with Crippen LogP contribution in [0.3, 0.4) is 0 Å². The molecule has 2 amide bonds. The third-order valence-electron chi connectivity index (χ3n) is 8.58. The van der Waals surface area contributed by atoms with Gasteiger partial charge in [-0.1, -0.05) is 86.3 Å². The first kappa shape index (κ1) is 30.6. The van der Waals surface area contributed by atoms with E-state index in [1.54, 1.807) is 6.07 Å². The van der Waals surface area contributed by atoms with E-state index in [4.69, 9.17) is 9.47 Å². The number of hydrogen-bond acceptors (Lipinski definition) is 8. The van der Waals surface area contributed by atoms with E-state index < -0.39 is 0 Å². The molecule has 6 rings (SSSR count). The van der Waals surface area contributed by atoms with E-state index in [1.165, 1.54) is 4.68 Å². The van der Waals surface area contributed by atoms with Gasteiger partial charge in [0.15, 0.2) is 5.82 Å². The van der Waals surface area contributed by atoms with Crippen LogP contribution in [0.15, 0.2) is 66.7 Å². The lowest BCUT2D eigenvalue weighted by atomic mass is 9.92. The first-order valence-corrected chi connectivity index (χ1v) is 15.9. The summed E-state index contributed by atoms with van der Waals surface area (Å²) in [6, 6.07) is 21.4. The lowest BCUT2D eigenvalue weighted by Gasteiger charge is -2.32. The first-order chi connectivity index (χ1) is 22.1. The second kappa shape index (κ2) is 15.0. The SMILES string of the molecule is O=C(Cn1nc(-c2nnn[nH]2)cc1C(=O)N[C@H]1CCCC[C@@H]1OCc1ccccc1)N[C@H]1CCCC[C@@H]1OCc1ccccc1. The molecule has 45 heavy (non-hydrogen) atoms. The lowest BCUT2D eigenvalue weighted by molar-refractivity contribution is -0.124. The number of aromatic amines is 1. The zero-order chi connectivity index (χ0) is 30.8. The molecule has 0 aliphatic heterocycles. The smallest absolute Gasteiger partial charge is 0.269 e. The van der Waals surface area contributed by atoms with Crippen molar-refractivity contribution in [1.82, 2.24) is 41.0 Å². The topological polar surface area (TPSA) is 149 Å². The predicted octanol–water partition coefficient (Wildman–Crippen LogP) is 3.97. The van der Waals surface area contributed by atoms with Crippen molar-refractivity contribution in [1.29, 1.82) is 0 Å². The summed E-state index contributed by atoms with van der Waals surface area (Å²) in [5, 5.41) is 24.8. The Bertz CT molecular complexity index is 1510. The number of H-pyrrole nitrogens is 1. The Kier molecular flexibility index (Phi) is 10.2. The summed E-state index contributed by atoms with van der Waals surface area (Å²) in [6.07, 6.45) is 7.31. The van der Waals surface area contributed by atoms with Gasteiger partial charge < -0.3 is 20.1 Å². The molecule has 2 saturated carbocycles. The molecular weight excluding hydrogens is 572 g/mol. The van der Waals surface area contributed by atoms with Gasteiger partial charge >= 0.3 is 0 Å². The molecule has 4 aromatic rings. The number of nitrogens with zero attached hydrogens (tertiary/aromatic N) is 5. The Balaban J connectivity index is 1.12. The van der Waals surface area contributed by atoms with Crippen LogP contribution in [0, 0.1) is 0 Å². The highest BCUT2D eigenvalue weighted by Gasteiger charge is 2.31. The molecule has 3 N–H and O–H groups in total.